The first-order chi connectivity index (χ1) is 14.6. The molecule has 170 valence electrons. The SMILES string of the molecule is CC(=O)OC[C@H]1O[C@H](Oc2cccc(C)c2)[C@H](OC(C)=O)[C@@H](OC(C)=O)[C@@H]1OC(C)=O. The fourth-order valence-electron chi connectivity index (χ4n) is 3.11. The summed E-state index contributed by atoms with van der Waals surface area (Å²) in [4.78, 5) is 46.6. The number of hydrogen-bond donors (Lipinski definition) is 0. The Bertz CT molecular complexity index is 820. The van der Waals surface area contributed by atoms with Crippen LogP contribution in [0.2, 0.25) is 0 Å². The molecule has 0 unspecified atom stereocenters. The molecule has 0 aromatic heterocycles. The number of ether oxygens (including phenoxy) is 6. The van der Waals surface area contributed by atoms with Crippen LogP contribution in [0.4, 0.5) is 0 Å². The normalized spacial score (nSPS) is 25.1. The Morgan fingerprint density at radius 1 is 0.839 bits per heavy atom. The van der Waals surface area contributed by atoms with Crippen molar-refractivity contribution in [1.82, 2.24) is 0 Å². The average Bonchev–Trinajstić information content (AvgIpc) is 2.64. The standard InChI is InChI=1S/C21H26O10/c1-11-7-6-8-16(9-11)30-21-20(29-15(5)25)19(28-14(4)24)18(27-13(3)23)17(31-21)10-26-12(2)22/h6-9,17-21H,10H2,1-5H3/t17-,18-,19+,20-,21+/m1/s1. The van der Waals surface area contributed by atoms with Crippen LogP contribution in [0.3, 0.4) is 0 Å². The zero-order chi connectivity index (χ0) is 23.1. The van der Waals surface area contributed by atoms with Gasteiger partial charge in [0.2, 0.25) is 12.4 Å². The molecule has 0 saturated carbocycles. The highest BCUT2D eigenvalue weighted by Gasteiger charge is 2.53. The van der Waals surface area contributed by atoms with E-state index in [1.165, 1.54) is 13.8 Å². The third kappa shape index (κ3) is 7.25. The van der Waals surface area contributed by atoms with E-state index in [-0.39, 0.29) is 6.61 Å². The molecule has 1 heterocycles. The van der Waals surface area contributed by atoms with Crippen molar-refractivity contribution in [3.05, 3.63) is 29.8 Å². The summed E-state index contributed by atoms with van der Waals surface area (Å²) in [6, 6.07) is 7.02. The van der Waals surface area contributed by atoms with E-state index in [0.29, 0.717) is 5.75 Å². The molecule has 0 radical (unpaired) electrons. The minimum atomic E-state index is -1.27. The van der Waals surface area contributed by atoms with Gasteiger partial charge in [0.1, 0.15) is 18.5 Å². The molecular formula is C21H26O10. The molecule has 1 saturated heterocycles. The van der Waals surface area contributed by atoms with Gasteiger partial charge in [-0.25, -0.2) is 0 Å². The molecule has 1 aromatic carbocycles. The minimum absolute atomic E-state index is 0.314. The highest BCUT2D eigenvalue weighted by molar-refractivity contribution is 5.68. The van der Waals surface area contributed by atoms with Crippen LogP contribution < -0.4 is 4.74 Å². The molecule has 1 aromatic rings. The second kappa shape index (κ2) is 10.8. The second-order valence-corrected chi connectivity index (χ2v) is 7.00. The fraction of sp³-hybridized carbons (Fsp3) is 0.524. The van der Waals surface area contributed by atoms with Crippen LogP contribution in [0.5, 0.6) is 5.75 Å². The van der Waals surface area contributed by atoms with Crippen molar-refractivity contribution in [2.45, 2.75) is 65.3 Å². The van der Waals surface area contributed by atoms with Crippen LogP contribution in [0.25, 0.3) is 0 Å². The van der Waals surface area contributed by atoms with Crippen molar-refractivity contribution in [3.8, 4) is 5.75 Å². The minimum Gasteiger partial charge on any atom is -0.463 e. The molecule has 2 rings (SSSR count). The Morgan fingerprint density at radius 2 is 1.42 bits per heavy atom. The van der Waals surface area contributed by atoms with Crippen molar-refractivity contribution >= 4 is 23.9 Å². The van der Waals surface area contributed by atoms with Gasteiger partial charge in [-0.05, 0) is 24.6 Å². The molecule has 0 aliphatic carbocycles. The maximum absolute atomic E-state index is 11.8. The van der Waals surface area contributed by atoms with E-state index < -0.39 is 54.6 Å². The summed E-state index contributed by atoms with van der Waals surface area (Å²) in [7, 11) is 0. The number of rotatable bonds is 7. The first-order valence-corrected chi connectivity index (χ1v) is 9.60. The van der Waals surface area contributed by atoms with E-state index in [1.807, 2.05) is 13.0 Å². The average molecular weight is 438 g/mol. The molecule has 10 nitrogen and oxygen atoms in total. The summed E-state index contributed by atoms with van der Waals surface area (Å²) in [5, 5.41) is 0. The first-order valence-electron chi connectivity index (χ1n) is 9.60. The number of hydrogen-bond acceptors (Lipinski definition) is 10. The Hall–Kier alpha value is -3.14. The van der Waals surface area contributed by atoms with E-state index in [1.54, 1.807) is 18.2 Å². The van der Waals surface area contributed by atoms with Crippen molar-refractivity contribution < 1.29 is 47.6 Å². The third-order valence-electron chi connectivity index (χ3n) is 4.19. The molecule has 0 amide bonds. The van der Waals surface area contributed by atoms with Gasteiger partial charge < -0.3 is 28.4 Å². The lowest BCUT2D eigenvalue weighted by atomic mass is 9.98. The van der Waals surface area contributed by atoms with E-state index in [9.17, 15) is 19.2 Å². The Morgan fingerprint density at radius 3 is 1.97 bits per heavy atom. The molecule has 1 fully saturated rings. The molecule has 10 heteroatoms. The summed E-state index contributed by atoms with van der Waals surface area (Å²) in [5.74, 6) is -2.28. The van der Waals surface area contributed by atoms with E-state index in [2.05, 4.69) is 0 Å². The topological polar surface area (TPSA) is 124 Å². The molecule has 1 aliphatic rings. The largest absolute Gasteiger partial charge is 0.463 e. The summed E-state index contributed by atoms with van der Waals surface area (Å²) in [6.07, 6.45) is -6.06. The van der Waals surface area contributed by atoms with Gasteiger partial charge in [0.15, 0.2) is 12.2 Å². The number of carbonyl (C=O) groups excluding carboxylic acids is 4. The van der Waals surface area contributed by atoms with Crippen molar-refractivity contribution in [3.63, 3.8) is 0 Å². The molecular weight excluding hydrogens is 412 g/mol. The monoisotopic (exact) mass is 438 g/mol. The number of carbonyl (C=O) groups is 4. The van der Waals surface area contributed by atoms with Crippen LogP contribution >= 0.6 is 0 Å². The molecule has 0 spiro atoms. The fourth-order valence-corrected chi connectivity index (χ4v) is 3.11. The summed E-state index contributed by atoms with van der Waals surface area (Å²) >= 11 is 0. The Balaban J connectivity index is 2.44. The third-order valence-corrected chi connectivity index (χ3v) is 4.19. The van der Waals surface area contributed by atoms with Gasteiger partial charge in [-0.15, -0.1) is 0 Å². The quantitative estimate of drug-likeness (QED) is 0.456. The maximum atomic E-state index is 11.8. The van der Waals surface area contributed by atoms with Gasteiger partial charge in [-0.2, -0.15) is 0 Å². The summed E-state index contributed by atoms with van der Waals surface area (Å²) in [5.41, 5.74) is 0.906. The van der Waals surface area contributed by atoms with Crippen molar-refractivity contribution in [2.24, 2.45) is 0 Å². The zero-order valence-corrected chi connectivity index (χ0v) is 18.0. The van der Waals surface area contributed by atoms with E-state index in [0.717, 1.165) is 19.4 Å². The number of aryl methyl sites for hydroxylation is 1. The Kier molecular flexibility index (Phi) is 8.38. The van der Waals surface area contributed by atoms with Crippen LogP contribution in [-0.4, -0.2) is 61.2 Å². The molecule has 5 atom stereocenters. The molecule has 0 N–H and O–H groups in total. The lowest BCUT2D eigenvalue weighted by Gasteiger charge is -2.43. The van der Waals surface area contributed by atoms with E-state index >= 15 is 0 Å². The smallest absolute Gasteiger partial charge is 0.303 e. The second-order valence-electron chi connectivity index (χ2n) is 7.00. The number of esters is 4. The predicted octanol–water partition coefficient (Wildman–Crippen LogP) is 1.46. The number of benzene rings is 1. The summed E-state index contributed by atoms with van der Waals surface area (Å²) < 4.78 is 32.8. The van der Waals surface area contributed by atoms with Gasteiger partial charge in [-0.1, -0.05) is 12.1 Å². The first kappa shape index (κ1) is 24.1. The van der Waals surface area contributed by atoms with Crippen LogP contribution in [0.1, 0.15) is 33.3 Å². The Labute approximate surface area is 179 Å². The van der Waals surface area contributed by atoms with Gasteiger partial charge in [0, 0.05) is 27.7 Å². The van der Waals surface area contributed by atoms with E-state index in [4.69, 9.17) is 28.4 Å². The van der Waals surface area contributed by atoms with Gasteiger partial charge in [0.25, 0.3) is 0 Å². The lowest BCUT2D eigenvalue weighted by molar-refractivity contribution is -0.288. The molecule has 1 aliphatic heterocycles. The summed E-state index contributed by atoms with van der Waals surface area (Å²) in [6.45, 7) is 6.23. The zero-order valence-electron chi connectivity index (χ0n) is 18.0. The van der Waals surface area contributed by atoms with Gasteiger partial charge in [-0.3, -0.25) is 19.2 Å². The molecule has 31 heavy (non-hydrogen) atoms. The van der Waals surface area contributed by atoms with Crippen molar-refractivity contribution in [2.75, 3.05) is 6.61 Å². The maximum Gasteiger partial charge on any atom is 0.303 e. The highest BCUT2D eigenvalue weighted by Crippen LogP contribution is 2.31. The predicted molar refractivity (Wildman–Crippen MR) is 104 cm³/mol. The molecule has 0 bridgehead atoms. The van der Waals surface area contributed by atoms with Crippen LogP contribution in [0.15, 0.2) is 24.3 Å². The lowest BCUT2D eigenvalue weighted by Crippen LogP contribution is -2.63. The van der Waals surface area contributed by atoms with Crippen LogP contribution in [0, 0.1) is 6.92 Å². The van der Waals surface area contributed by atoms with Crippen LogP contribution in [-0.2, 0) is 42.9 Å². The van der Waals surface area contributed by atoms with Gasteiger partial charge >= 0.3 is 23.9 Å². The highest BCUT2D eigenvalue weighted by atomic mass is 16.7. The van der Waals surface area contributed by atoms with Crippen molar-refractivity contribution in [1.29, 1.82) is 0 Å². The van der Waals surface area contributed by atoms with Gasteiger partial charge in [0.05, 0.1) is 0 Å².